The molecule has 1 aromatic rings. The molecule has 0 saturated heterocycles. The molecule has 1 N–H and O–H groups in total. The zero-order valence-electron chi connectivity index (χ0n) is 8.07. The topological polar surface area (TPSA) is 40.9 Å². The average molecular weight is 188 g/mol. The minimum absolute atomic E-state index is 0.360. The van der Waals surface area contributed by atoms with Crippen molar-refractivity contribution in [3.05, 3.63) is 42.0 Å². The van der Waals surface area contributed by atoms with E-state index in [0.29, 0.717) is 6.42 Å². The number of benzene rings is 1. The zero-order chi connectivity index (χ0) is 10.2. The van der Waals surface area contributed by atoms with Gasteiger partial charge < -0.3 is 0 Å². The molecule has 0 spiro atoms. The summed E-state index contributed by atoms with van der Waals surface area (Å²) in [5, 5.41) is 0. The van der Waals surface area contributed by atoms with Crippen LogP contribution in [0.2, 0.25) is 0 Å². The van der Waals surface area contributed by atoms with Crippen LogP contribution in [0.3, 0.4) is 0 Å². The first-order valence-electron chi connectivity index (χ1n) is 4.75. The van der Waals surface area contributed by atoms with Crippen molar-refractivity contribution in [3.63, 3.8) is 0 Å². The van der Waals surface area contributed by atoms with E-state index in [0.717, 1.165) is 12.8 Å². The summed E-state index contributed by atoms with van der Waals surface area (Å²) in [6.07, 6.45) is 6.07. The average Bonchev–Trinajstić information content (AvgIpc) is 2.18. The molecule has 0 aliphatic heterocycles. The minimum atomic E-state index is -0.474. The normalized spacial score (nSPS) is 10.6. The second-order valence-corrected chi connectivity index (χ2v) is 3.13. The molecule has 73 valence electrons. The summed E-state index contributed by atoms with van der Waals surface area (Å²) in [4.78, 5) is 10.3. The van der Waals surface area contributed by atoms with Crippen LogP contribution in [-0.2, 0) is 4.79 Å². The molecule has 1 aromatic carbocycles. The smallest absolute Gasteiger partial charge is 0.238 e. The lowest BCUT2D eigenvalue weighted by molar-refractivity contribution is -0.118. The van der Waals surface area contributed by atoms with Gasteiger partial charge in [-0.1, -0.05) is 42.5 Å². The minimum Gasteiger partial charge on any atom is -0.273 e. The number of nitrogens with one attached hydrogen (secondary N) is 1. The highest BCUT2D eigenvalue weighted by Crippen LogP contribution is 2.03. The maximum Gasteiger partial charge on any atom is 0.238 e. The Morgan fingerprint density at radius 3 is 2.64 bits per heavy atom. The maximum absolute atomic E-state index is 10.3. The largest absolute Gasteiger partial charge is 0.273 e. The third kappa shape index (κ3) is 4.45. The van der Waals surface area contributed by atoms with E-state index < -0.39 is 5.91 Å². The van der Waals surface area contributed by atoms with Crippen molar-refractivity contribution in [2.45, 2.75) is 19.3 Å². The number of carbonyl (C=O) groups is 1. The van der Waals surface area contributed by atoms with Gasteiger partial charge in [0.05, 0.1) is 0 Å². The molecular formula is C12H14NO. The molecule has 2 heteroatoms. The van der Waals surface area contributed by atoms with Crippen LogP contribution in [0.15, 0.2) is 36.4 Å². The number of rotatable bonds is 5. The van der Waals surface area contributed by atoms with Crippen LogP contribution in [0.5, 0.6) is 0 Å². The number of carbonyl (C=O) groups excluding carboxylic acids is 1. The first kappa shape index (κ1) is 10.5. The van der Waals surface area contributed by atoms with Crippen LogP contribution in [0.1, 0.15) is 24.8 Å². The van der Waals surface area contributed by atoms with Crippen molar-refractivity contribution < 1.29 is 4.79 Å². The third-order valence-corrected chi connectivity index (χ3v) is 1.88. The summed E-state index contributed by atoms with van der Waals surface area (Å²) in [5.41, 5.74) is 7.89. The molecule has 0 atom stereocenters. The predicted octanol–water partition coefficient (Wildman–Crippen LogP) is 2.68. The highest BCUT2D eigenvalue weighted by Gasteiger charge is 1.91. The van der Waals surface area contributed by atoms with E-state index in [1.165, 1.54) is 5.56 Å². The van der Waals surface area contributed by atoms with Crippen molar-refractivity contribution in [2.75, 3.05) is 0 Å². The van der Waals surface area contributed by atoms with Gasteiger partial charge in [-0.25, -0.2) is 0 Å². The van der Waals surface area contributed by atoms with E-state index in [2.05, 4.69) is 0 Å². The Kier molecular flexibility index (Phi) is 4.48. The molecule has 1 rings (SSSR count). The zero-order valence-corrected chi connectivity index (χ0v) is 8.07. The fourth-order valence-corrected chi connectivity index (χ4v) is 1.16. The molecule has 0 fully saturated rings. The molecule has 0 heterocycles. The van der Waals surface area contributed by atoms with Crippen LogP contribution in [0.4, 0.5) is 0 Å². The van der Waals surface area contributed by atoms with E-state index in [-0.39, 0.29) is 0 Å². The summed E-state index contributed by atoms with van der Waals surface area (Å²) >= 11 is 0. The standard InChI is InChI=1S/C12H14NO/c13-12(14)10-6-2-5-9-11-7-3-1-4-8-11/h1,3-5,7-9,13H,2,6,10H2/b9-5+. The molecule has 0 unspecified atom stereocenters. The lowest BCUT2D eigenvalue weighted by Gasteiger charge is -1.92. The summed E-state index contributed by atoms with van der Waals surface area (Å²) < 4.78 is 0. The SMILES string of the molecule is [NH]C(=O)CCC/C=C/c1ccccc1. The van der Waals surface area contributed by atoms with Crippen molar-refractivity contribution in [3.8, 4) is 0 Å². The third-order valence-electron chi connectivity index (χ3n) is 1.88. The van der Waals surface area contributed by atoms with Gasteiger partial charge in [-0.05, 0) is 18.4 Å². The lowest BCUT2D eigenvalue weighted by atomic mass is 10.1. The number of unbranched alkanes of at least 4 members (excludes halogenated alkanes) is 1. The van der Waals surface area contributed by atoms with Crippen LogP contribution < -0.4 is 5.73 Å². The monoisotopic (exact) mass is 188 g/mol. The predicted molar refractivity (Wildman–Crippen MR) is 57.4 cm³/mol. The van der Waals surface area contributed by atoms with Gasteiger partial charge in [0.1, 0.15) is 0 Å². The van der Waals surface area contributed by atoms with E-state index in [1.807, 2.05) is 42.5 Å². The number of hydrogen-bond donors (Lipinski definition) is 0. The Morgan fingerprint density at radius 1 is 1.29 bits per heavy atom. The van der Waals surface area contributed by atoms with Crippen molar-refractivity contribution in [2.24, 2.45) is 0 Å². The van der Waals surface area contributed by atoms with E-state index in [4.69, 9.17) is 5.73 Å². The molecule has 0 aromatic heterocycles. The van der Waals surface area contributed by atoms with E-state index in [9.17, 15) is 4.79 Å². The summed E-state index contributed by atoms with van der Waals surface area (Å²) in [7, 11) is 0. The van der Waals surface area contributed by atoms with Gasteiger partial charge in [-0.15, -0.1) is 0 Å². The second-order valence-electron chi connectivity index (χ2n) is 3.13. The first-order valence-corrected chi connectivity index (χ1v) is 4.75. The van der Waals surface area contributed by atoms with Crippen LogP contribution >= 0.6 is 0 Å². The van der Waals surface area contributed by atoms with Crippen molar-refractivity contribution >= 4 is 12.0 Å². The summed E-state index contributed by atoms with van der Waals surface area (Å²) in [6.45, 7) is 0. The Bertz CT molecular complexity index is 303. The van der Waals surface area contributed by atoms with E-state index in [1.54, 1.807) is 0 Å². The van der Waals surface area contributed by atoms with Crippen molar-refractivity contribution in [1.29, 1.82) is 0 Å². The van der Waals surface area contributed by atoms with Gasteiger partial charge in [0.25, 0.3) is 0 Å². The maximum atomic E-state index is 10.3. The first-order chi connectivity index (χ1) is 6.79. The van der Waals surface area contributed by atoms with Gasteiger partial charge in [0.15, 0.2) is 0 Å². The van der Waals surface area contributed by atoms with Gasteiger partial charge in [0, 0.05) is 6.42 Å². The van der Waals surface area contributed by atoms with Gasteiger partial charge in [-0.2, -0.15) is 0 Å². The van der Waals surface area contributed by atoms with Gasteiger partial charge >= 0.3 is 0 Å². The van der Waals surface area contributed by atoms with Crippen LogP contribution in [-0.4, -0.2) is 5.91 Å². The fourth-order valence-electron chi connectivity index (χ4n) is 1.16. The number of hydrogen-bond acceptors (Lipinski definition) is 1. The molecule has 1 amide bonds. The van der Waals surface area contributed by atoms with Gasteiger partial charge in [-0.3, -0.25) is 10.5 Å². The molecule has 0 aliphatic rings. The van der Waals surface area contributed by atoms with E-state index >= 15 is 0 Å². The quantitative estimate of drug-likeness (QED) is 0.655. The summed E-state index contributed by atoms with van der Waals surface area (Å²) in [6, 6.07) is 10.0. The van der Waals surface area contributed by atoms with Gasteiger partial charge in [0.2, 0.25) is 5.91 Å². The Morgan fingerprint density at radius 2 is 2.00 bits per heavy atom. The summed E-state index contributed by atoms with van der Waals surface area (Å²) in [5.74, 6) is -0.474. The lowest BCUT2D eigenvalue weighted by Crippen LogP contribution is -1.95. The Hall–Kier alpha value is -1.57. The van der Waals surface area contributed by atoms with Crippen LogP contribution in [0.25, 0.3) is 6.08 Å². The highest BCUT2D eigenvalue weighted by atomic mass is 16.1. The van der Waals surface area contributed by atoms with Crippen molar-refractivity contribution in [1.82, 2.24) is 5.73 Å². The fraction of sp³-hybridized carbons (Fsp3) is 0.250. The Labute approximate surface area is 84.4 Å². The molecule has 14 heavy (non-hydrogen) atoms. The molecule has 1 radical (unpaired) electrons. The molecule has 0 aliphatic carbocycles. The Balaban J connectivity index is 2.25. The van der Waals surface area contributed by atoms with Crippen LogP contribution in [0, 0.1) is 0 Å². The molecule has 0 saturated carbocycles. The number of amides is 1. The molecule has 0 bridgehead atoms. The molecule has 2 nitrogen and oxygen atoms in total. The second kappa shape index (κ2) is 5.97. The number of allylic oxidation sites excluding steroid dienone is 1. The highest BCUT2D eigenvalue weighted by molar-refractivity contribution is 5.72. The molecular weight excluding hydrogens is 174 g/mol.